The molecule has 1 heterocycles. The Hall–Kier alpha value is -2.71. The van der Waals surface area contributed by atoms with Gasteiger partial charge in [-0.1, -0.05) is 18.2 Å². The number of imidazole rings is 1. The first kappa shape index (κ1) is 16.2. The number of aromatic nitrogens is 2. The standard InChI is InChI=1S/C16H16N4O3S/c1-17-24(22,23)10-16(21)19-12-7-8-15-14(9-12)18-11-20(15)13-5-3-2-4-6-13/h2-9,11,17H,10H2,1H3,(H,19,21). The minimum absolute atomic E-state index is 0.497. The van der Waals surface area contributed by atoms with Gasteiger partial charge in [-0.2, -0.15) is 0 Å². The number of anilines is 1. The highest BCUT2D eigenvalue weighted by Crippen LogP contribution is 2.21. The van der Waals surface area contributed by atoms with E-state index in [1.807, 2.05) is 41.0 Å². The normalized spacial score (nSPS) is 11.5. The number of benzene rings is 2. The van der Waals surface area contributed by atoms with E-state index in [2.05, 4.69) is 15.0 Å². The van der Waals surface area contributed by atoms with Crippen molar-refractivity contribution in [3.8, 4) is 5.69 Å². The average molecular weight is 344 g/mol. The Kier molecular flexibility index (Phi) is 4.32. The fraction of sp³-hybridized carbons (Fsp3) is 0.125. The van der Waals surface area contributed by atoms with Crippen molar-refractivity contribution in [2.75, 3.05) is 18.1 Å². The highest BCUT2D eigenvalue weighted by atomic mass is 32.2. The van der Waals surface area contributed by atoms with Crippen molar-refractivity contribution < 1.29 is 13.2 Å². The third-order valence-corrected chi connectivity index (χ3v) is 4.76. The molecule has 7 nitrogen and oxygen atoms in total. The van der Waals surface area contributed by atoms with Crippen molar-refractivity contribution in [3.05, 3.63) is 54.9 Å². The summed E-state index contributed by atoms with van der Waals surface area (Å²) in [4.78, 5) is 16.1. The number of nitrogens with zero attached hydrogens (tertiary/aromatic N) is 2. The van der Waals surface area contributed by atoms with Crippen LogP contribution in [0.4, 0.5) is 5.69 Å². The van der Waals surface area contributed by atoms with Crippen LogP contribution in [0.2, 0.25) is 0 Å². The molecule has 1 aromatic heterocycles. The van der Waals surface area contributed by atoms with Gasteiger partial charge in [-0.3, -0.25) is 9.36 Å². The maximum Gasteiger partial charge on any atom is 0.240 e. The third kappa shape index (κ3) is 3.44. The molecular weight excluding hydrogens is 328 g/mol. The third-order valence-electron chi connectivity index (χ3n) is 3.50. The van der Waals surface area contributed by atoms with Crippen LogP contribution in [0.15, 0.2) is 54.9 Å². The number of sulfonamides is 1. The number of para-hydroxylation sites is 1. The number of hydrogen-bond donors (Lipinski definition) is 2. The lowest BCUT2D eigenvalue weighted by Crippen LogP contribution is -2.30. The zero-order chi connectivity index (χ0) is 17.2. The van der Waals surface area contributed by atoms with E-state index in [9.17, 15) is 13.2 Å². The van der Waals surface area contributed by atoms with E-state index in [1.165, 1.54) is 7.05 Å². The second-order valence-corrected chi connectivity index (χ2v) is 7.09. The summed E-state index contributed by atoms with van der Waals surface area (Å²) in [6.45, 7) is 0. The van der Waals surface area contributed by atoms with Crippen molar-refractivity contribution in [2.45, 2.75) is 0 Å². The van der Waals surface area contributed by atoms with Crippen molar-refractivity contribution in [1.29, 1.82) is 0 Å². The molecule has 0 aliphatic heterocycles. The number of amides is 1. The topological polar surface area (TPSA) is 93.1 Å². The van der Waals surface area contributed by atoms with Crippen LogP contribution in [0.5, 0.6) is 0 Å². The molecule has 0 aliphatic rings. The van der Waals surface area contributed by atoms with Crippen LogP contribution < -0.4 is 10.0 Å². The van der Waals surface area contributed by atoms with Gasteiger partial charge < -0.3 is 5.32 Å². The van der Waals surface area contributed by atoms with Crippen LogP contribution in [0.3, 0.4) is 0 Å². The summed E-state index contributed by atoms with van der Waals surface area (Å²) in [6, 6.07) is 15.0. The molecule has 0 unspecified atom stereocenters. The van der Waals surface area contributed by atoms with Gasteiger partial charge in [0.2, 0.25) is 15.9 Å². The van der Waals surface area contributed by atoms with Crippen LogP contribution in [-0.4, -0.2) is 36.7 Å². The van der Waals surface area contributed by atoms with Gasteiger partial charge in [0.25, 0.3) is 0 Å². The molecule has 0 saturated heterocycles. The predicted molar refractivity (Wildman–Crippen MR) is 92.5 cm³/mol. The molecule has 2 N–H and O–H groups in total. The maximum absolute atomic E-state index is 11.8. The van der Waals surface area contributed by atoms with E-state index >= 15 is 0 Å². The van der Waals surface area contributed by atoms with Crippen molar-refractivity contribution >= 4 is 32.7 Å². The highest BCUT2D eigenvalue weighted by molar-refractivity contribution is 7.90. The molecule has 0 aliphatic carbocycles. The molecular formula is C16H16N4O3S. The largest absolute Gasteiger partial charge is 0.325 e. The van der Waals surface area contributed by atoms with Crippen LogP contribution >= 0.6 is 0 Å². The lowest BCUT2D eigenvalue weighted by molar-refractivity contribution is -0.113. The minimum Gasteiger partial charge on any atom is -0.325 e. The second-order valence-electron chi connectivity index (χ2n) is 5.17. The lowest BCUT2D eigenvalue weighted by atomic mass is 10.2. The monoisotopic (exact) mass is 344 g/mol. The van der Waals surface area contributed by atoms with Gasteiger partial charge in [0.05, 0.1) is 11.0 Å². The number of hydrogen-bond acceptors (Lipinski definition) is 4. The number of nitrogens with one attached hydrogen (secondary N) is 2. The fourth-order valence-electron chi connectivity index (χ4n) is 2.33. The van der Waals surface area contributed by atoms with Gasteiger partial charge in [-0.25, -0.2) is 18.1 Å². The molecule has 0 radical (unpaired) electrons. The summed E-state index contributed by atoms with van der Waals surface area (Å²) in [5, 5.41) is 2.57. The quantitative estimate of drug-likeness (QED) is 0.734. The summed E-state index contributed by atoms with van der Waals surface area (Å²) in [6.07, 6.45) is 1.71. The van der Waals surface area contributed by atoms with Gasteiger partial charge in [0.15, 0.2) is 0 Å². The summed E-state index contributed by atoms with van der Waals surface area (Å²) >= 11 is 0. The first-order valence-electron chi connectivity index (χ1n) is 7.22. The lowest BCUT2D eigenvalue weighted by Gasteiger charge is -2.07. The summed E-state index contributed by atoms with van der Waals surface area (Å²) in [7, 11) is -2.33. The molecule has 0 atom stereocenters. The summed E-state index contributed by atoms with van der Waals surface area (Å²) in [5.41, 5.74) is 3.07. The maximum atomic E-state index is 11.8. The molecule has 3 aromatic rings. The minimum atomic E-state index is -3.60. The molecule has 2 aromatic carbocycles. The SMILES string of the molecule is CNS(=O)(=O)CC(=O)Nc1ccc2c(c1)ncn2-c1ccccc1. The zero-order valence-corrected chi connectivity index (χ0v) is 13.7. The Balaban J connectivity index is 1.84. The zero-order valence-electron chi connectivity index (χ0n) is 12.9. The molecule has 24 heavy (non-hydrogen) atoms. The Morgan fingerprint density at radius 3 is 2.62 bits per heavy atom. The fourth-order valence-corrected chi connectivity index (χ4v) is 2.89. The van der Waals surface area contributed by atoms with Crippen LogP contribution in [-0.2, 0) is 14.8 Å². The average Bonchev–Trinajstić information content (AvgIpc) is 2.98. The smallest absolute Gasteiger partial charge is 0.240 e. The van der Waals surface area contributed by atoms with Gasteiger partial charge in [-0.05, 0) is 37.4 Å². The molecule has 0 saturated carbocycles. The van der Waals surface area contributed by atoms with Crippen molar-refractivity contribution in [1.82, 2.24) is 14.3 Å². The first-order valence-corrected chi connectivity index (χ1v) is 8.87. The Labute approximate surface area is 139 Å². The Bertz CT molecular complexity index is 981. The Morgan fingerprint density at radius 2 is 1.92 bits per heavy atom. The van der Waals surface area contributed by atoms with Crippen molar-refractivity contribution in [3.63, 3.8) is 0 Å². The second kappa shape index (κ2) is 6.42. The van der Waals surface area contributed by atoms with Gasteiger partial charge in [0.1, 0.15) is 12.1 Å². The van der Waals surface area contributed by atoms with E-state index in [0.29, 0.717) is 11.2 Å². The number of fused-ring (bicyclic) bond motifs is 1. The van der Waals surface area contributed by atoms with E-state index in [1.54, 1.807) is 18.5 Å². The van der Waals surface area contributed by atoms with Crippen LogP contribution in [0.1, 0.15) is 0 Å². The van der Waals surface area contributed by atoms with Crippen LogP contribution in [0.25, 0.3) is 16.7 Å². The molecule has 8 heteroatoms. The summed E-state index contributed by atoms with van der Waals surface area (Å²) in [5.74, 6) is -1.23. The van der Waals surface area contributed by atoms with Gasteiger partial charge in [-0.15, -0.1) is 0 Å². The highest BCUT2D eigenvalue weighted by Gasteiger charge is 2.14. The molecule has 0 bridgehead atoms. The van der Waals surface area contributed by atoms with Gasteiger partial charge in [0, 0.05) is 11.4 Å². The molecule has 3 rings (SSSR count). The van der Waals surface area contributed by atoms with E-state index in [4.69, 9.17) is 0 Å². The first-order chi connectivity index (χ1) is 11.5. The van der Waals surface area contributed by atoms with Crippen molar-refractivity contribution in [2.24, 2.45) is 0 Å². The number of carbonyl (C=O) groups excluding carboxylic acids is 1. The molecule has 0 fully saturated rings. The number of carbonyl (C=O) groups is 1. The van der Waals surface area contributed by atoms with E-state index in [-0.39, 0.29) is 0 Å². The van der Waals surface area contributed by atoms with E-state index in [0.717, 1.165) is 11.2 Å². The predicted octanol–water partition coefficient (Wildman–Crippen LogP) is 1.51. The number of rotatable bonds is 5. The van der Waals surface area contributed by atoms with Crippen LogP contribution in [0, 0.1) is 0 Å². The Morgan fingerprint density at radius 1 is 1.17 bits per heavy atom. The van der Waals surface area contributed by atoms with Gasteiger partial charge >= 0.3 is 0 Å². The molecule has 1 amide bonds. The summed E-state index contributed by atoms with van der Waals surface area (Å²) < 4.78 is 26.8. The molecule has 0 spiro atoms. The van der Waals surface area contributed by atoms with E-state index < -0.39 is 21.7 Å². The molecule has 124 valence electrons.